The smallest absolute Gasteiger partial charge is 0.305 e. The van der Waals surface area contributed by atoms with Crippen molar-refractivity contribution in [2.75, 3.05) is 13.2 Å². The molecule has 5 heteroatoms. The van der Waals surface area contributed by atoms with Crippen molar-refractivity contribution in [3.63, 3.8) is 0 Å². The Morgan fingerprint density at radius 1 is 0.913 bits per heavy atom. The van der Waals surface area contributed by atoms with Gasteiger partial charge in [-0.1, -0.05) is 45.4 Å². The van der Waals surface area contributed by atoms with E-state index in [1.54, 1.807) is 0 Å². The number of amides is 2. The lowest BCUT2D eigenvalue weighted by Gasteiger charge is -2.12. The second-order valence-electron chi connectivity index (χ2n) is 6.24. The number of hydrogen-bond acceptors (Lipinski definition) is 4. The zero-order valence-corrected chi connectivity index (χ0v) is 14.5. The average Bonchev–Trinajstić information content (AvgIpc) is 2.85. The predicted molar refractivity (Wildman–Crippen MR) is 88.8 cm³/mol. The van der Waals surface area contributed by atoms with Crippen molar-refractivity contribution >= 4 is 17.8 Å². The molecule has 1 saturated heterocycles. The Bertz CT molecular complexity index is 365. The molecule has 0 unspecified atom stereocenters. The summed E-state index contributed by atoms with van der Waals surface area (Å²) in [6.45, 7) is 3.22. The van der Waals surface area contributed by atoms with Crippen molar-refractivity contribution in [2.45, 2.75) is 84.0 Å². The SMILES string of the molecule is CCCCCCCCOC(=O)CCCCCN1C(=O)CCC1=O. The van der Waals surface area contributed by atoms with Crippen LogP contribution >= 0.6 is 0 Å². The molecule has 23 heavy (non-hydrogen) atoms. The molecule has 1 aliphatic rings. The third-order valence-corrected chi connectivity index (χ3v) is 4.18. The topological polar surface area (TPSA) is 63.7 Å². The fourth-order valence-corrected chi connectivity index (χ4v) is 2.73. The van der Waals surface area contributed by atoms with E-state index >= 15 is 0 Å². The molecule has 0 spiro atoms. The Labute approximate surface area is 139 Å². The zero-order chi connectivity index (χ0) is 16.9. The highest BCUT2D eigenvalue weighted by molar-refractivity contribution is 6.01. The zero-order valence-electron chi connectivity index (χ0n) is 14.5. The van der Waals surface area contributed by atoms with Crippen LogP contribution in [-0.4, -0.2) is 35.8 Å². The molecule has 5 nitrogen and oxygen atoms in total. The van der Waals surface area contributed by atoms with E-state index in [4.69, 9.17) is 4.74 Å². The van der Waals surface area contributed by atoms with Crippen LogP contribution in [0.2, 0.25) is 0 Å². The van der Waals surface area contributed by atoms with Crippen molar-refractivity contribution in [3.05, 3.63) is 0 Å². The minimum Gasteiger partial charge on any atom is -0.466 e. The molecule has 1 aliphatic heterocycles. The molecule has 0 aromatic heterocycles. The van der Waals surface area contributed by atoms with Crippen molar-refractivity contribution < 1.29 is 19.1 Å². The minimum atomic E-state index is -0.133. The summed E-state index contributed by atoms with van der Waals surface area (Å²) in [7, 11) is 0. The number of carbonyl (C=O) groups is 3. The molecular weight excluding hydrogens is 294 g/mol. The lowest BCUT2D eigenvalue weighted by molar-refractivity contribution is -0.144. The van der Waals surface area contributed by atoms with Gasteiger partial charge in [0.2, 0.25) is 11.8 Å². The van der Waals surface area contributed by atoms with Crippen LogP contribution in [0.3, 0.4) is 0 Å². The van der Waals surface area contributed by atoms with Crippen LogP contribution in [0.1, 0.15) is 84.0 Å². The number of ether oxygens (including phenoxy) is 1. The molecule has 0 atom stereocenters. The second kappa shape index (κ2) is 12.1. The van der Waals surface area contributed by atoms with Crippen LogP contribution < -0.4 is 0 Å². The number of nitrogens with zero attached hydrogens (tertiary/aromatic N) is 1. The lowest BCUT2D eigenvalue weighted by Crippen LogP contribution is -2.29. The highest BCUT2D eigenvalue weighted by atomic mass is 16.5. The van der Waals surface area contributed by atoms with Gasteiger partial charge in [0.05, 0.1) is 6.61 Å². The van der Waals surface area contributed by atoms with E-state index in [0.29, 0.717) is 32.4 Å². The van der Waals surface area contributed by atoms with Gasteiger partial charge in [-0.25, -0.2) is 0 Å². The maximum atomic E-state index is 11.6. The van der Waals surface area contributed by atoms with Crippen molar-refractivity contribution in [3.8, 4) is 0 Å². The van der Waals surface area contributed by atoms with Crippen LogP contribution in [0, 0.1) is 0 Å². The summed E-state index contributed by atoms with van der Waals surface area (Å²) in [5, 5.41) is 0. The molecule has 0 aliphatic carbocycles. The van der Waals surface area contributed by atoms with Crippen molar-refractivity contribution in [1.29, 1.82) is 0 Å². The molecule has 0 saturated carbocycles. The van der Waals surface area contributed by atoms with Gasteiger partial charge in [0.25, 0.3) is 0 Å². The molecule has 1 fully saturated rings. The van der Waals surface area contributed by atoms with Gasteiger partial charge in [-0.3, -0.25) is 19.3 Å². The molecule has 2 amide bonds. The lowest BCUT2D eigenvalue weighted by atomic mass is 10.1. The normalized spacial score (nSPS) is 14.6. The number of hydrogen-bond donors (Lipinski definition) is 0. The summed E-state index contributed by atoms with van der Waals surface area (Å²) in [4.78, 5) is 35.7. The molecule has 0 radical (unpaired) electrons. The molecule has 0 N–H and O–H groups in total. The van der Waals surface area contributed by atoms with Crippen LogP contribution in [0.4, 0.5) is 0 Å². The fraction of sp³-hybridized carbons (Fsp3) is 0.833. The first kappa shape index (κ1) is 19.7. The average molecular weight is 325 g/mol. The van der Waals surface area contributed by atoms with Crippen molar-refractivity contribution in [1.82, 2.24) is 4.90 Å². The first-order valence-electron chi connectivity index (χ1n) is 9.14. The van der Waals surface area contributed by atoms with E-state index in [1.165, 1.54) is 30.6 Å². The van der Waals surface area contributed by atoms with Crippen molar-refractivity contribution in [2.24, 2.45) is 0 Å². The summed E-state index contributed by atoms with van der Waals surface area (Å²) in [6, 6.07) is 0. The number of imide groups is 1. The fourth-order valence-electron chi connectivity index (χ4n) is 2.73. The Morgan fingerprint density at radius 3 is 2.22 bits per heavy atom. The predicted octanol–water partition coefficient (Wildman–Crippen LogP) is 3.60. The molecule has 1 rings (SSSR count). The first-order valence-corrected chi connectivity index (χ1v) is 9.14. The van der Waals surface area contributed by atoms with E-state index in [9.17, 15) is 14.4 Å². The molecule has 0 bridgehead atoms. The Kier molecular flexibility index (Phi) is 10.3. The third kappa shape index (κ3) is 8.72. The van der Waals surface area contributed by atoms with Gasteiger partial charge < -0.3 is 4.74 Å². The van der Waals surface area contributed by atoms with Gasteiger partial charge in [-0.15, -0.1) is 0 Å². The van der Waals surface area contributed by atoms with Gasteiger partial charge in [0.1, 0.15) is 0 Å². The van der Waals surface area contributed by atoms with Crippen LogP contribution in [0.15, 0.2) is 0 Å². The Hall–Kier alpha value is -1.39. The first-order chi connectivity index (χ1) is 11.1. The van der Waals surface area contributed by atoms with E-state index in [1.807, 2.05) is 0 Å². The highest BCUT2D eigenvalue weighted by Crippen LogP contribution is 2.13. The van der Waals surface area contributed by atoms with Gasteiger partial charge in [-0.05, 0) is 19.3 Å². The minimum absolute atomic E-state index is 0.0617. The van der Waals surface area contributed by atoms with Gasteiger partial charge in [-0.2, -0.15) is 0 Å². The molecule has 132 valence electrons. The maximum Gasteiger partial charge on any atom is 0.305 e. The number of esters is 1. The Balaban J connectivity index is 1.90. The van der Waals surface area contributed by atoms with Crippen LogP contribution in [0.5, 0.6) is 0 Å². The van der Waals surface area contributed by atoms with Gasteiger partial charge in [0, 0.05) is 25.8 Å². The van der Waals surface area contributed by atoms with E-state index in [-0.39, 0.29) is 17.8 Å². The largest absolute Gasteiger partial charge is 0.466 e. The standard InChI is InChI=1S/C18H31NO4/c1-2-3-4-5-6-10-15-23-18(22)11-8-7-9-14-19-16(20)12-13-17(19)21/h2-15H2,1H3. The molecule has 1 heterocycles. The third-order valence-electron chi connectivity index (χ3n) is 4.18. The summed E-state index contributed by atoms with van der Waals surface area (Å²) in [5.41, 5.74) is 0. The highest BCUT2D eigenvalue weighted by Gasteiger charge is 2.27. The second-order valence-corrected chi connectivity index (χ2v) is 6.24. The summed E-state index contributed by atoms with van der Waals surface area (Å²) in [6.07, 6.45) is 10.6. The Morgan fingerprint density at radius 2 is 1.52 bits per heavy atom. The van der Waals surface area contributed by atoms with E-state index in [0.717, 1.165) is 32.1 Å². The summed E-state index contributed by atoms with van der Waals surface area (Å²) < 4.78 is 5.21. The maximum absolute atomic E-state index is 11.6. The van der Waals surface area contributed by atoms with E-state index in [2.05, 4.69) is 6.92 Å². The van der Waals surface area contributed by atoms with E-state index < -0.39 is 0 Å². The quantitative estimate of drug-likeness (QED) is 0.295. The van der Waals surface area contributed by atoms with Gasteiger partial charge in [0.15, 0.2) is 0 Å². The number of carbonyl (C=O) groups excluding carboxylic acids is 3. The number of unbranched alkanes of at least 4 members (excludes halogenated alkanes) is 7. The monoisotopic (exact) mass is 325 g/mol. The number of likely N-dealkylation sites (tertiary alicyclic amines) is 1. The molecule has 0 aromatic rings. The summed E-state index contributed by atoms with van der Waals surface area (Å²) >= 11 is 0. The summed E-state index contributed by atoms with van der Waals surface area (Å²) in [5.74, 6) is -0.256. The molecule has 0 aromatic carbocycles. The molecular formula is C18H31NO4. The van der Waals surface area contributed by atoms with Gasteiger partial charge >= 0.3 is 5.97 Å². The number of rotatable bonds is 13. The van der Waals surface area contributed by atoms with Crippen LogP contribution in [-0.2, 0) is 19.1 Å². The van der Waals surface area contributed by atoms with Crippen LogP contribution in [0.25, 0.3) is 0 Å².